The summed E-state index contributed by atoms with van der Waals surface area (Å²) in [5.74, 6) is 0.876. The summed E-state index contributed by atoms with van der Waals surface area (Å²) in [5, 5.41) is 51.4. The van der Waals surface area contributed by atoms with Gasteiger partial charge in [-0.15, -0.1) is 0 Å². The van der Waals surface area contributed by atoms with Crippen molar-refractivity contribution in [3.8, 4) is 34.4 Å². The van der Waals surface area contributed by atoms with Crippen LogP contribution in [0.1, 0.15) is 34.7 Å². The predicted molar refractivity (Wildman–Crippen MR) is 183 cm³/mol. The highest BCUT2D eigenvalue weighted by Crippen LogP contribution is 2.39. The lowest BCUT2D eigenvalue weighted by atomic mass is 9.96. The number of ether oxygens (including phenoxy) is 3. The summed E-state index contributed by atoms with van der Waals surface area (Å²) in [7, 11) is 0. The quantitative estimate of drug-likeness (QED) is 0.0994. The summed E-state index contributed by atoms with van der Waals surface area (Å²) < 4.78 is 18.2. The van der Waals surface area contributed by atoms with E-state index in [1.54, 1.807) is 37.4 Å². The van der Waals surface area contributed by atoms with Gasteiger partial charge in [-0.05, 0) is 48.7 Å². The van der Waals surface area contributed by atoms with Crippen molar-refractivity contribution in [3.63, 3.8) is 0 Å². The second kappa shape index (κ2) is 17.5. The van der Waals surface area contributed by atoms with Crippen molar-refractivity contribution in [1.82, 2.24) is 10.3 Å². The van der Waals surface area contributed by atoms with Crippen LogP contribution in [-0.4, -0.2) is 64.0 Å². The van der Waals surface area contributed by atoms with E-state index in [1.165, 1.54) is 6.20 Å². The zero-order chi connectivity index (χ0) is 34.7. The molecule has 12 heteroatoms. The Balaban J connectivity index is 1.58. The Bertz CT molecular complexity index is 1720. The summed E-state index contributed by atoms with van der Waals surface area (Å²) >= 11 is 13.5. The first-order valence-corrected chi connectivity index (χ1v) is 16.0. The van der Waals surface area contributed by atoms with Gasteiger partial charge in [-0.1, -0.05) is 53.5 Å². The number of aromatic nitrogens is 1. The van der Waals surface area contributed by atoms with Crippen molar-refractivity contribution >= 4 is 23.2 Å². The fraction of sp³-hybridized carbons (Fsp3) is 0.333. The van der Waals surface area contributed by atoms with Crippen molar-refractivity contribution in [2.45, 2.75) is 39.1 Å². The maximum Gasteiger partial charge on any atom is 0.142 e. The lowest BCUT2D eigenvalue weighted by molar-refractivity contribution is 0.103. The molecule has 0 aliphatic heterocycles. The van der Waals surface area contributed by atoms with Gasteiger partial charge in [0.05, 0.1) is 54.2 Å². The Morgan fingerprint density at radius 2 is 1.56 bits per heavy atom. The summed E-state index contributed by atoms with van der Waals surface area (Å²) in [6, 6.07) is 18.5. The largest absolute Gasteiger partial charge is 0.492 e. The summed E-state index contributed by atoms with van der Waals surface area (Å²) in [6.45, 7) is 3.36. The van der Waals surface area contributed by atoms with Crippen LogP contribution in [0.25, 0.3) is 11.1 Å². The third-order valence-corrected chi connectivity index (χ3v) is 8.60. The SMILES string of the molecule is Cc1c(COc2cc(OCc3cncc(C#N)c3)c(CNC(C)(CO)CO)cc2Cl)cccc1-c1cccc(OCC(CO)CO)c1Cl. The third-order valence-electron chi connectivity index (χ3n) is 7.91. The average molecular weight is 697 g/mol. The number of nitriles is 1. The third kappa shape index (κ3) is 9.36. The van der Waals surface area contributed by atoms with Crippen LogP contribution in [-0.2, 0) is 19.8 Å². The molecule has 10 nitrogen and oxygen atoms in total. The Morgan fingerprint density at radius 3 is 2.27 bits per heavy atom. The van der Waals surface area contributed by atoms with Crippen LogP contribution in [0.2, 0.25) is 10.0 Å². The van der Waals surface area contributed by atoms with Crippen molar-refractivity contribution in [1.29, 1.82) is 5.26 Å². The maximum atomic E-state index is 9.75. The lowest BCUT2D eigenvalue weighted by Gasteiger charge is -2.27. The summed E-state index contributed by atoms with van der Waals surface area (Å²) in [5.41, 5.74) is 4.32. The van der Waals surface area contributed by atoms with Gasteiger partial charge in [-0.3, -0.25) is 4.98 Å². The minimum atomic E-state index is -0.928. The monoisotopic (exact) mass is 695 g/mol. The van der Waals surface area contributed by atoms with E-state index in [9.17, 15) is 25.7 Å². The fourth-order valence-electron chi connectivity index (χ4n) is 4.71. The zero-order valence-electron chi connectivity index (χ0n) is 26.7. The van der Waals surface area contributed by atoms with Crippen LogP contribution >= 0.6 is 23.2 Å². The van der Waals surface area contributed by atoms with Crippen LogP contribution in [0, 0.1) is 24.2 Å². The van der Waals surface area contributed by atoms with Gasteiger partial charge in [0.15, 0.2) is 0 Å². The Kier molecular flexibility index (Phi) is 13.4. The van der Waals surface area contributed by atoms with E-state index in [0.717, 1.165) is 22.3 Å². The molecular formula is C36H39Cl2N3O7. The predicted octanol–water partition coefficient (Wildman–Crippen LogP) is 5.21. The molecule has 0 aliphatic carbocycles. The van der Waals surface area contributed by atoms with E-state index in [0.29, 0.717) is 44.0 Å². The molecule has 0 saturated heterocycles. The molecule has 5 N–H and O–H groups in total. The standard InChI is InChI=1S/C36H39Cl2N3O7/c1-23-27(5-3-6-29(23)30-7-4-8-32(35(30)38)46-19-26(16-42)17-43)20-48-34-11-33(47-18-25-9-24(12-39)13-40-14-25)28(10-31(34)37)15-41-36(2,21-44)22-45/h3-11,13-14,26,41-45H,15-22H2,1-2H3. The van der Waals surface area contributed by atoms with E-state index in [1.807, 2.05) is 37.3 Å². The number of nitrogens with one attached hydrogen (secondary N) is 1. The van der Waals surface area contributed by atoms with Gasteiger partial charge in [0.2, 0.25) is 0 Å². The molecule has 4 aromatic rings. The van der Waals surface area contributed by atoms with Gasteiger partial charge in [0.25, 0.3) is 0 Å². The number of pyridine rings is 1. The van der Waals surface area contributed by atoms with Gasteiger partial charge < -0.3 is 40.0 Å². The van der Waals surface area contributed by atoms with Gasteiger partial charge in [0.1, 0.15) is 36.5 Å². The van der Waals surface area contributed by atoms with E-state index in [2.05, 4.69) is 16.4 Å². The van der Waals surface area contributed by atoms with E-state index >= 15 is 0 Å². The molecule has 254 valence electrons. The topological polar surface area (TPSA) is 157 Å². The maximum absolute atomic E-state index is 9.75. The van der Waals surface area contributed by atoms with Gasteiger partial charge >= 0.3 is 0 Å². The number of nitrogens with zero attached hydrogens (tertiary/aromatic N) is 2. The van der Waals surface area contributed by atoms with E-state index < -0.39 is 11.5 Å². The van der Waals surface area contributed by atoms with Gasteiger partial charge in [-0.25, -0.2) is 0 Å². The lowest BCUT2D eigenvalue weighted by Crippen LogP contribution is -2.48. The highest BCUT2D eigenvalue weighted by molar-refractivity contribution is 6.35. The number of halogens is 2. The highest BCUT2D eigenvalue weighted by Gasteiger charge is 2.23. The van der Waals surface area contributed by atoms with E-state index in [-0.39, 0.29) is 52.8 Å². The van der Waals surface area contributed by atoms with Gasteiger partial charge in [-0.2, -0.15) is 5.26 Å². The number of aliphatic hydroxyl groups is 4. The zero-order valence-corrected chi connectivity index (χ0v) is 28.3. The first kappa shape index (κ1) is 36.9. The molecule has 0 bridgehead atoms. The minimum absolute atomic E-state index is 0.121. The van der Waals surface area contributed by atoms with Crippen LogP contribution in [0.3, 0.4) is 0 Å². The van der Waals surface area contributed by atoms with Crippen molar-refractivity contribution in [2.75, 3.05) is 33.0 Å². The first-order chi connectivity index (χ1) is 23.1. The molecule has 48 heavy (non-hydrogen) atoms. The molecule has 0 atom stereocenters. The van der Waals surface area contributed by atoms with Crippen molar-refractivity contribution < 1.29 is 34.6 Å². The van der Waals surface area contributed by atoms with Crippen LogP contribution in [0.4, 0.5) is 0 Å². The molecule has 0 unspecified atom stereocenters. The molecule has 4 rings (SSSR count). The van der Waals surface area contributed by atoms with Crippen molar-refractivity contribution in [3.05, 3.63) is 105 Å². The minimum Gasteiger partial charge on any atom is -0.492 e. The Hall–Kier alpha value is -3.92. The number of benzene rings is 3. The fourth-order valence-corrected chi connectivity index (χ4v) is 5.23. The molecule has 0 amide bonds. The number of aliphatic hydroxyl groups excluding tert-OH is 4. The smallest absolute Gasteiger partial charge is 0.142 e. The second-order valence-electron chi connectivity index (χ2n) is 11.6. The Labute approximate surface area is 290 Å². The van der Waals surface area contributed by atoms with Crippen LogP contribution < -0.4 is 19.5 Å². The molecule has 1 heterocycles. The van der Waals surface area contributed by atoms with Crippen LogP contribution in [0.15, 0.2) is 67.0 Å². The second-order valence-corrected chi connectivity index (χ2v) is 12.4. The summed E-state index contributed by atoms with van der Waals surface area (Å²) in [6.07, 6.45) is 3.09. The Morgan fingerprint density at radius 1 is 0.854 bits per heavy atom. The molecule has 1 aromatic heterocycles. The first-order valence-electron chi connectivity index (χ1n) is 15.3. The number of rotatable bonds is 17. The normalized spacial score (nSPS) is 11.4. The molecule has 3 aromatic carbocycles. The van der Waals surface area contributed by atoms with Crippen LogP contribution in [0.5, 0.6) is 17.2 Å². The molecule has 0 radical (unpaired) electrons. The van der Waals surface area contributed by atoms with Gasteiger partial charge in [0, 0.05) is 47.6 Å². The van der Waals surface area contributed by atoms with Crippen molar-refractivity contribution in [2.24, 2.45) is 5.92 Å². The molecule has 0 saturated carbocycles. The number of hydrogen-bond donors (Lipinski definition) is 5. The average Bonchev–Trinajstić information content (AvgIpc) is 3.11. The molecule has 0 aliphatic rings. The molecule has 0 fully saturated rings. The number of hydrogen-bond acceptors (Lipinski definition) is 10. The summed E-state index contributed by atoms with van der Waals surface area (Å²) in [4.78, 5) is 4.10. The molecule has 0 spiro atoms. The van der Waals surface area contributed by atoms with E-state index in [4.69, 9.17) is 37.4 Å². The highest BCUT2D eigenvalue weighted by atomic mass is 35.5. The molecular weight excluding hydrogens is 657 g/mol.